The topological polar surface area (TPSA) is 84.2 Å². The number of benzene rings is 2. The molecule has 3 amide bonds. The molecule has 0 radical (unpaired) electrons. The van der Waals surface area contributed by atoms with Crippen LogP contribution in [0, 0.1) is 3.57 Å². The lowest BCUT2D eigenvalue weighted by Crippen LogP contribution is -2.40. The Morgan fingerprint density at radius 2 is 1.62 bits per heavy atom. The fourth-order valence-corrected chi connectivity index (χ4v) is 2.21. The summed E-state index contributed by atoms with van der Waals surface area (Å²) in [5.74, 6) is -0.493. The zero-order valence-corrected chi connectivity index (χ0v) is 13.2. The first-order valence-electron chi connectivity index (χ1n) is 6.23. The van der Waals surface area contributed by atoms with Crippen LogP contribution in [0.5, 0.6) is 0 Å². The number of anilines is 1. The first-order chi connectivity index (χ1) is 10.1. The number of halogens is 1. The molecule has 2 aromatic rings. The quantitative estimate of drug-likeness (QED) is 0.696. The first-order valence-corrected chi connectivity index (χ1v) is 7.31. The van der Waals surface area contributed by atoms with Gasteiger partial charge in [0.05, 0.1) is 0 Å². The smallest absolute Gasteiger partial charge is 0.318 e. The molecule has 4 N–H and O–H groups in total. The zero-order valence-electron chi connectivity index (χ0n) is 11.0. The number of carbonyl (C=O) groups is 2. The molecule has 108 valence electrons. The van der Waals surface area contributed by atoms with E-state index in [9.17, 15) is 9.59 Å². The van der Waals surface area contributed by atoms with Gasteiger partial charge in [-0.1, -0.05) is 30.3 Å². The fourth-order valence-electron chi connectivity index (χ4n) is 1.85. The number of hydrogen-bond donors (Lipinski definition) is 3. The van der Waals surface area contributed by atoms with E-state index in [1.165, 1.54) is 0 Å². The predicted octanol–water partition coefficient (Wildman–Crippen LogP) is 2.64. The van der Waals surface area contributed by atoms with Gasteiger partial charge in [0, 0.05) is 9.26 Å². The Labute approximate surface area is 136 Å². The number of carbonyl (C=O) groups excluding carboxylic acids is 2. The average molecular weight is 395 g/mol. The van der Waals surface area contributed by atoms with Crippen LogP contribution < -0.4 is 16.4 Å². The summed E-state index contributed by atoms with van der Waals surface area (Å²) >= 11 is 2.20. The number of rotatable bonds is 4. The fraction of sp³-hybridized carbons (Fsp3) is 0.0667. The van der Waals surface area contributed by atoms with Crippen molar-refractivity contribution in [3.63, 3.8) is 0 Å². The van der Waals surface area contributed by atoms with E-state index < -0.39 is 18.0 Å². The monoisotopic (exact) mass is 395 g/mol. The van der Waals surface area contributed by atoms with Gasteiger partial charge in [-0.3, -0.25) is 10.1 Å². The average Bonchev–Trinajstić information content (AvgIpc) is 2.46. The van der Waals surface area contributed by atoms with Crippen LogP contribution in [-0.2, 0) is 4.79 Å². The van der Waals surface area contributed by atoms with Crippen molar-refractivity contribution in [3.05, 3.63) is 63.7 Å². The highest BCUT2D eigenvalue weighted by Crippen LogP contribution is 2.20. The lowest BCUT2D eigenvalue weighted by molar-refractivity contribution is -0.120. The minimum atomic E-state index is -0.870. The SMILES string of the molecule is NC(=O)NC(=O)[C@@H](Nc1ccc(I)cc1)c1ccccc1. The highest BCUT2D eigenvalue weighted by atomic mass is 127. The van der Waals surface area contributed by atoms with Gasteiger partial charge in [0.1, 0.15) is 6.04 Å². The number of nitrogens with two attached hydrogens (primary N) is 1. The van der Waals surface area contributed by atoms with Crippen molar-refractivity contribution < 1.29 is 9.59 Å². The third-order valence-electron chi connectivity index (χ3n) is 2.80. The first kappa shape index (κ1) is 15.3. The molecular formula is C15H14IN3O2. The molecule has 1 atom stereocenters. The highest BCUT2D eigenvalue weighted by molar-refractivity contribution is 14.1. The normalized spacial score (nSPS) is 11.5. The molecule has 0 aliphatic carbocycles. The second kappa shape index (κ2) is 7.07. The summed E-state index contributed by atoms with van der Waals surface area (Å²) in [6.07, 6.45) is 0. The molecule has 0 aromatic heterocycles. The summed E-state index contributed by atoms with van der Waals surface area (Å²) in [6.45, 7) is 0. The minimum Gasteiger partial charge on any atom is -0.370 e. The van der Waals surface area contributed by atoms with E-state index in [1.807, 2.05) is 54.6 Å². The van der Waals surface area contributed by atoms with Gasteiger partial charge in [-0.05, 0) is 52.4 Å². The van der Waals surface area contributed by atoms with Crippen LogP contribution in [0.3, 0.4) is 0 Å². The van der Waals surface area contributed by atoms with E-state index in [-0.39, 0.29) is 0 Å². The van der Waals surface area contributed by atoms with Crippen molar-refractivity contribution in [1.82, 2.24) is 5.32 Å². The van der Waals surface area contributed by atoms with Gasteiger partial charge in [-0.2, -0.15) is 0 Å². The molecule has 0 saturated carbocycles. The van der Waals surface area contributed by atoms with Crippen LogP contribution in [0.15, 0.2) is 54.6 Å². The van der Waals surface area contributed by atoms with Crippen molar-refractivity contribution in [2.75, 3.05) is 5.32 Å². The molecule has 2 rings (SSSR count). The van der Waals surface area contributed by atoms with Crippen molar-refractivity contribution in [2.24, 2.45) is 5.73 Å². The molecule has 21 heavy (non-hydrogen) atoms. The van der Waals surface area contributed by atoms with Gasteiger partial charge in [-0.25, -0.2) is 4.79 Å². The molecule has 6 heteroatoms. The Balaban J connectivity index is 2.25. The number of nitrogens with one attached hydrogen (secondary N) is 2. The Hall–Kier alpha value is -2.09. The van der Waals surface area contributed by atoms with Crippen molar-refractivity contribution in [3.8, 4) is 0 Å². The van der Waals surface area contributed by atoms with E-state index in [2.05, 4.69) is 33.2 Å². The molecular weight excluding hydrogens is 381 g/mol. The summed E-state index contributed by atoms with van der Waals surface area (Å²) in [5.41, 5.74) is 6.55. The van der Waals surface area contributed by atoms with Crippen LogP contribution >= 0.6 is 22.6 Å². The van der Waals surface area contributed by atoms with Crippen LogP contribution in [0.4, 0.5) is 10.5 Å². The number of hydrogen-bond acceptors (Lipinski definition) is 3. The van der Waals surface area contributed by atoms with Crippen molar-refractivity contribution in [1.29, 1.82) is 0 Å². The maximum atomic E-state index is 12.1. The molecule has 2 aromatic carbocycles. The summed E-state index contributed by atoms with van der Waals surface area (Å²) in [7, 11) is 0. The van der Waals surface area contributed by atoms with E-state index in [1.54, 1.807) is 0 Å². The molecule has 0 unspecified atom stereocenters. The summed E-state index contributed by atoms with van der Waals surface area (Å²) in [6, 6.07) is 15.2. The summed E-state index contributed by atoms with van der Waals surface area (Å²) in [4.78, 5) is 23.1. The molecule has 5 nitrogen and oxygen atoms in total. The van der Waals surface area contributed by atoms with E-state index in [0.29, 0.717) is 0 Å². The molecule has 0 bridgehead atoms. The summed E-state index contributed by atoms with van der Waals surface area (Å²) in [5, 5.41) is 5.21. The van der Waals surface area contributed by atoms with Gasteiger partial charge in [-0.15, -0.1) is 0 Å². The standard InChI is InChI=1S/C15H14IN3O2/c16-11-6-8-12(9-7-11)18-13(14(20)19-15(17)21)10-4-2-1-3-5-10/h1-9,13,18H,(H3,17,19,20,21)/t13-/m0/s1. The van der Waals surface area contributed by atoms with Gasteiger partial charge in [0.25, 0.3) is 5.91 Å². The maximum absolute atomic E-state index is 12.1. The highest BCUT2D eigenvalue weighted by Gasteiger charge is 2.21. The van der Waals surface area contributed by atoms with Gasteiger partial charge >= 0.3 is 6.03 Å². The Kier molecular flexibility index (Phi) is 5.15. The summed E-state index contributed by atoms with van der Waals surface area (Å²) < 4.78 is 1.09. The second-order valence-electron chi connectivity index (χ2n) is 4.35. The van der Waals surface area contributed by atoms with Crippen LogP contribution in [0.25, 0.3) is 0 Å². The van der Waals surface area contributed by atoms with Crippen LogP contribution in [-0.4, -0.2) is 11.9 Å². The molecule has 0 heterocycles. The van der Waals surface area contributed by atoms with Crippen LogP contribution in [0.2, 0.25) is 0 Å². The number of urea groups is 1. The maximum Gasteiger partial charge on any atom is 0.318 e. The number of imide groups is 1. The minimum absolute atomic E-state index is 0.493. The Morgan fingerprint density at radius 1 is 1.00 bits per heavy atom. The van der Waals surface area contributed by atoms with Crippen LogP contribution in [0.1, 0.15) is 11.6 Å². The van der Waals surface area contributed by atoms with Gasteiger partial charge < -0.3 is 11.1 Å². The number of amides is 3. The Morgan fingerprint density at radius 3 is 2.19 bits per heavy atom. The van der Waals surface area contributed by atoms with Crippen molar-refractivity contribution in [2.45, 2.75) is 6.04 Å². The third-order valence-corrected chi connectivity index (χ3v) is 3.52. The number of primary amides is 1. The lowest BCUT2D eigenvalue weighted by Gasteiger charge is -2.19. The largest absolute Gasteiger partial charge is 0.370 e. The van der Waals surface area contributed by atoms with Gasteiger partial charge in [0.2, 0.25) is 0 Å². The third kappa shape index (κ3) is 4.45. The second-order valence-corrected chi connectivity index (χ2v) is 5.59. The molecule has 0 fully saturated rings. The van der Waals surface area contributed by atoms with Gasteiger partial charge in [0.15, 0.2) is 0 Å². The molecule has 0 aliphatic heterocycles. The van der Waals surface area contributed by atoms with E-state index >= 15 is 0 Å². The van der Waals surface area contributed by atoms with Crippen molar-refractivity contribution >= 4 is 40.2 Å². The lowest BCUT2D eigenvalue weighted by atomic mass is 10.1. The van der Waals surface area contributed by atoms with E-state index in [0.717, 1.165) is 14.8 Å². The predicted molar refractivity (Wildman–Crippen MR) is 89.7 cm³/mol. The Bertz CT molecular complexity index is 629. The zero-order chi connectivity index (χ0) is 15.2. The molecule has 0 spiro atoms. The van der Waals surface area contributed by atoms with E-state index in [4.69, 9.17) is 5.73 Å². The molecule has 0 saturated heterocycles. The molecule has 0 aliphatic rings.